The number of hydrogen-bond donors (Lipinski definition) is 0. The predicted octanol–water partition coefficient (Wildman–Crippen LogP) is 5.16. The molecule has 0 aromatic heterocycles. The van der Waals surface area contributed by atoms with Crippen LogP contribution in [0.4, 0.5) is 18.9 Å². The molecule has 0 saturated carbocycles. The summed E-state index contributed by atoms with van der Waals surface area (Å²) in [5.74, 6) is 0. The summed E-state index contributed by atoms with van der Waals surface area (Å²) in [6.07, 6.45) is -6.22. The predicted molar refractivity (Wildman–Crippen MR) is 124 cm³/mol. The minimum Gasteiger partial charge on any atom is -0.354 e. The van der Waals surface area contributed by atoms with Gasteiger partial charge in [-0.1, -0.05) is 48.5 Å². The number of benzene rings is 3. The van der Waals surface area contributed by atoms with Crippen LogP contribution in [0.1, 0.15) is 22.7 Å². The van der Waals surface area contributed by atoms with Crippen LogP contribution in [0.3, 0.4) is 0 Å². The van der Waals surface area contributed by atoms with Crippen molar-refractivity contribution in [1.29, 1.82) is 0 Å². The summed E-state index contributed by atoms with van der Waals surface area (Å²) in [5, 5.41) is 11.0. The molecule has 0 aliphatic rings. The number of hydrogen-bond acceptors (Lipinski definition) is 6. The van der Waals surface area contributed by atoms with Crippen LogP contribution < -0.4 is 0 Å². The summed E-state index contributed by atoms with van der Waals surface area (Å²) >= 11 is 0. The van der Waals surface area contributed by atoms with Crippen molar-refractivity contribution in [1.82, 2.24) is 4.31 Å². The van der Waals surface area contributed by atoms with Gasteiger partial charge in [0.15, 0.2) is 6.29 Å². The maximum absolute atomic E-state index is 14.0. The summed E-state index contributed by atoms with van der Waals surface area (Å²) < 4.78 is 81.2. The minimum atomic E-state index is -4.80. The minimum absolute atomic E-state index is 0.333. The third-order valence-corrected chi connectivity index (χ3v) is 7.29. The monoisotopic (exact) mass is 524 g/mol. The van der Waals surface area contributed by atoms with Crippen molar-refractivity contribution >= 4 is 15.7 Å². The second kappa shape index (κ2) is 11.2. The van der Waals surface area contributed by atoms with Gasteiger partial charge in [-0.3, -0.25) is 10.1 Å². The smallest absolute Gasteiger partial charge is 0.354 e. The number of rotatable bonds is 10. The normalized spacial score (nSPS) is 13.2. The van der Waals surface area contributed by atoms with Gasteiger partial charge in [-0.05, 0) is 29.3 Å². The highest BCUT2D eigenvalue weighted by Gasteiger charge is 2.43. The molecule has 3 rings (SSSR count). The van der Waals surface area contributed by atoms with Crippen molar-refractivity contribution in [2.45, 2.75) is 29.9 Å². The highest BCUT2D eigenvalue weighted by atomic mass is 32.2. The van der Waals surface area contributed by atoms with Crippen LogP contribution in [0.15, 0.2) is 83.8 Å². The van der Waals surface area contributed by atoms with Crippen molar-refractivity contribution in [2.75, 3.05) is 14.2 Å². The lowest BCUT2D eigenvalue weighted by atomic mass is 9.98. The van der Waals surface area contributed by atoms with E-state index < -0.39 is 39.0 Å². The maximum atomic E-state index is 14.0. The lowest BCUT2D eigenvalue weighted by molar-refractivity contribution is -0.384. The Hall–Kier alpha value is -3.32. The van der Waals surface area contributed by atoms with E-state index in [9.17, 15) is 31.7 Å². The van der Waals surface area contributed by atoms with Gasteiger partial charge in [0.05, 0.1) is 15.4 Å². The van der Waals surface area contributed by atoms with E-state index in [1.165, 1.54) is 32.4 Å². The molecule has 0 spiro atoms. The number of methoxy groups -OCH3 is 2. The number of halogens is 3. The number of non-ortho nitro benzene ring substituents is 1. The van der Waals surface area contributed by atoms with E-state index in [0.717, 1.165) is 34.6 Å². The van der Waals surface area contributed by atoms with Crippen LogP contribution in [0.2, 0.25) is 0 Å². The first kappa shape index (κ1) is 27.3. The summed E-state index contributed by atoms with van der Waals surface area (Å²) in [5.41, 5.74) is -1.27. The van der Waals surface area contributed by atoms with E-state index in [0.29, 0.717) is 5.56 Å². The van der Waals surface area contributed by atoms with Gasteiger partial charge in [0, 0.05) is 32.9 Å². The highest BCUT2D eigenvalue weighted by Crippen LogP contribution is 2.41. The summed E-state index contributed by atoms with van der Waals surface area (Å²) in [6.45, 7) is -0.333. The molecule has 0 amide bonds. The number of nitrogens with zero attached hydrogens (tertiary/aromatic N) is 2. The molecule has 192 valence electrons. The van der Waals surface area contributed by atoms with Gasteiger partial charge < -0.3 is 9.47 Å². The van der Waals surface area contributed by atoms with Crippen LogP contribution in [0.5, 0.6) is 0 Å². The Balaban J connectivity index is 2.27. The molecular weight excluding hydrogens is 501 g/mol. The molecule has 1 atom stereocenters. The van der Waals surface area contributed by atoms with Crippen LogP contribution in [-0.2, 0) is 32.2 Å². The van der Waals surface area contributed by atoms with Gasteiger partial charge in [0.25, 0.3) is 5.69 Å². The second-order valence-corrected chi connectivity index (χ2v) is 9.55. The van der Waals surface area contributed by atoms with Gasteiger partial charge in [-0.2, -0.15) is 17.5 Å². The molecule has 1 unspecified atom stereocenters. The molecule has 12 heteroatoms. The van der Waals surface area contributed by atoms with Crippen LogP contribution in [0, 0.1) is 10.1 Å². The van der Waals surface area contributed by atoms with Gasteiger partial charge in [-0.15, -0.1) is 0 Å². The number of nitro groups is 1. The van der Waals surface area contributed by atoms with E-state index in [2.05, 4.69) is 0 Å². The molecule has 8 nitrogen and oxygen atoms in total. The first-order valence-corrected chi connectivity index (χ1v) is 12.0. The molecule has 0 saturated heterocycles. The van der Waals surface area contributed by atoms with Crippen molar-refractivity contribution in [3.05, 3.63) is 106 Å². The summed E-state index contributed by atoms with van der Waals surface area (Å²) in [4.78, 5) is 10.0. The molecule has 0 N–H and O–H groups in total. The number of ether oxygens (including phenoxy) is 2. The van der Waals surface area contributed by atoms with Crippen LogP contribution in [-0.4, -0.2) is 38.2 Å². The molecule has 0 bridgehead atoms. The van der Waals surface area contributed by atoms with Gasteiger partial charge in [0.1, 0.15) is 6.04 Å². The average Bonchev–Trinajstić information content (AvgIpc) is 2.86. The zero-order valence-corrected chi connectivity index (χ0v) is 20.1. The Bertz CT molecular complexity index is 1280. The molecule has 3 aromatic carbocycles. The lowest BCUT2D eigenvalue weighted by Gasteiger charge is -2.36. The first-order chi connectivity index (χ1) is 17.0. The topological polar surface area (TPSA) is 99.0 Å². The Kier molecular flexibility index (Phi) is 8.46. The summed E-state index contributed by atoms with van der Waals surface area (Å²) in [7, 11) is -2.15. The van der Waals surface area contributed by atoms with Crippen molar-refractivity contribution in [2.24, 2.45) is 0 Å². The Labute approximate surface area is 206 Å². The van der Waals surface area contributed by atoms with E-state index in [-0.39, 0.29) is 22.7 Å². The molecule has 0 aliphatic heterocycles. The third-order valence-electron chi connectivity index (χ3n) is 5.45. The number of alkyl halides is 3. The van der Waals surface area contributed by atoms with Crippen molar-refractivity contribution in [3.8, 4) is 0 Å². The lowest BCUT2D eigenvalue weighted by Crippen LogP contribution is -2.42. The van der Waals surface area contributed by atoms with Gasteiger partial charge in [-0.25, -0.2) is 8.42 Å². The van der Waals surface area contributed by atoms with Crippen molar-refractivity contribution in [3.63, 3.8) is 0 Å². The second-order valence-electron chi connectivity index (χ2n) is 7.66. The van der Waals surface area contributed by atoms with E-state index in [4.69, 9.17) is 9.47 Å². The van der Waals surface area contributed by atoms with E-state index >= 15 is 0 Å². The molecule has 0 fully saturated rings. The third kappa shape index (κ3) is 5.90. The highest BCUT2D eigenvalue weighted by molar-refractivity contribution is 7.89. The number of sulfonamides is 1. The standard InChI is InChI=1S/C24H23F3N2O6S/c1-34-23(35-2)22(20-10-6-7-11-21(20)24(25,26)27)28(16-17-8-4-3-5-9-17)36(32,33)19-14-12-18(13-15-19)29(30)31/h3-15,22-23H,16H2,1-2H3. The Morgan fingerprint density at radius 3 is 2.00 bits per heavy atom. The number of nitro benzene ring substituents is 1. The fourth-order valence-electron chi connectivity index (χ4n) is 3.78. The Morgan fingerprint density at radius 2 is 1.47 bits per heavy atom. The molecule has 3 aromatic rings. The quantitative estimate of drug-likeness (QED) is 0.206. The molecule has 36 heavy (non-hydrogen) atoms. The maximum Gasteiger partial charge on any atom is 0.416 e. The zero-order valence-electron chi connectivity index (χ0n) is 19.3. The molecule has 0 aliphatic carbocycles. The molecule has 0 radical (unpaired) electrons. The van der Waals surface area contributed by atoms with Crippen LogP contribution in [0.25, 0.3) is 0 Å². The fourth-order valence-corrected chi connectivity index (χ4v) is 5.36. The molecular formula is C24H23F3N2O6S. The Morgan fingerprint density at radius 1 is 0.917 bits per heavy atom. The largest absolute Gasteiger partial charge is 0.416 e. The first-order valence-electron chi connectivity index (χ1n) is 10.5. The molecule has 0 heterocycles. The average molecular weight is 525 g/mol. The van der Waals surface area contributed by atoms with E-state index in [1.54, 1.807) is 30.3 Å². The zero-order chi connectivity index (χ0) is 26.5. The van der Waals surface area contributed by atoms with Crippen molar-refractivity contribution < 1.29 is 36.0 Å². The van der Waals surface area contributed by atoms with Crippen LogP contribution >= 0.6 is 0 Å². The fraction of sp³-hybridized carbons (Fsp3) is 0.250. The van der Waals surface area contributed by atoms with Gasteiger partial charge in [0.2, 0.25) is 10.0 Å². The summed E-state index contributed by atoms with van der Waals surface area (Å²) in [6, 6.07) is 15.4. The van der Waals surface area contributed by atoms with E-state index in [1.807, 2.05) is 0 Å². The van der Waals surface area contributed by atoms with Gasteiger partial charge >= 0.3 is 6.18 Å². The SMILES string of the molecule is COC(OC)C(c1ccccc1C(F)(F)F)N(Cc1ccccc1)S(=O)(=O)c1ccc([N+](=O)[O-])cc1.